The third-order valence-corrected chi connectivity index (χ3v) is 3.54. The molecule has 1 atom stereocenters. The Morgan fingerprint density at radius 1 is 1.42 bits per heavy atom. The van der Waals surface area contributed by atoms with E-state index in [0.29, 0.717) is 19.0 Å². The Bertz CT molecular complexity index is 491. The van der Waals surface area contributed by atoms with Crippen molar-refractivity contribution in [2.45, 2.75) is 13.3 Å². The highest BCUT2D eigenvalue weighted by Gasteiger charge is 2.28. The zero-order chi connectivity index (χ0) is 14.0. The van der Waals surface area contributed by atoms with Gasteiger partial charge in [-0.3, -0.25) is 4.79 Å². The minimum atomic E-state index is -0.787. The minimum Gasteiger partial charge on any atom is -0.338 e. The molecule has 3 nitrogen and oxygen atoms in total. The summed E-state index contributed by atoms with van der Waals surface area (Å²) in [6.45, 7) is 3.62. The van der Waals surface area contributed by atoms with Crippen molar-refractivity contribution in [3.05, 3.63) is 34.9 Å². The summed E-state index contributed by atoms with van der Waals surface area (Å²) in [4.78, 5) is 13.9. The van der Waals surface area contributed by atoms with Crippen LogP contribution in [0.5, 0.6) is 0 Å². The minimum absolute atomic E-state index is 0.0380. The van der Waals surface area contributed by atoms with Gasteiger partial charge < -0.3 is 10.2 Å². The highest BCUT2D eigenvalue weighted by atomic mass is 19.1. The van der Waals surface area contributed by atoms with E-state index >= 15 is 0 Å². The molecule has 0 aliphatic carbocycles. The van der Waals surface area contributed by atoms with Gasteiger partial charge in [-0.2, -0.15) is 0 Å². The van der Waals surface area contributed by atoms with Crippen LogP contribution in [0.3, 0.4) is 0 Å². The van der Waals surface area contributed by atoms with E-state index in [2.05, 4.69) is 5.32 Å². The smallest absolute Gasteiger partial charge is 0.256 e. The Morgan fingerprint density at radius 3 is 2.84 bits per heavy atom. The van der Waals surface area contributed by atoms with Gasteiger partial charge in [-0.25, -0.2) is 8.78 Å². The average molecular weight is 268 g/mol. The van der Waals surface area contributed by atoms with Crippen LogP contribution in [0.4, 0.5) is 8.78 Å². The third kappa shape index (κ3) is 2.92. The number of rotatable bonds is 3. The van der Waals surface area contributed by atoms with Gasteiger partial charge in [0.2, 0.25) is 0 Å². The van der Waals surface area contributed by atoms with Gasteiger partial charge in [0.25, 0.3) is 5.91 Å². The number of carbonyl (C=O) groups is 1. The molecule has 5 heteroatoms. The van der Waals surface area contributed by atoms with Gasteiger partial charge >= 0.3 is 0 Å². The van der Waals surface area contributed by atoms with Gasteiger partial charge in [0.15, 0.2) is 0 Å². The first-order chi connectivity index (χ1) is 9.02. The second kappa shape index (κ2) is 5.65. The average Bonchev–Trinajstić information content (AvgIpc) is 2.82. The molecule has 1 fully saturated rings. The van der Waals surface area contributed by atoms with Crippen LogP contribution in [0.2, 0.25) is 0 Å². The highest BCUT2D eigenvalue weighted by Crippen LogP contribution is 2.21. The molecule has 1 aromatic rings. The predicted octanol–water partition coefficient (Wildman–Crippen LogP) is 1.95. The van der Waals surface area contributed by atoms with E-state index in [1.54, 1.807) is 4.90 Å². The normalized spacial score (nSPS) is 18.9. The van der Waals surface area contributed by atoms with Gasteiger partial charge in [-0.1, -0.05) is 0 Å². The lowest BCUT2D eigenvalue weighted by molar-refractivity contribution is 0.0782. The number of hydrogen-bond donors (Lipinski definition) is 1. The summed E-state index contributed by atoms with van der Waals surface area (Å²) >= 11 is 0. The van der Waals surface area contributed by atoms with Crippen LogP contribution < -0.4 is 5.32 Å². The maximum atomic E-state index is 13.7. The zero-order valence-electron chi connectivity index (χ0n) is 11.2. The van der Waals surface area contributed by atoms with Crippen molar-refractivity contribution in [1.82, 2.24) is 10.2 Å². The van der Waals surface area contributed by atoms with Crippen LogP contribution >= 0.6 is 0 Å². The van der Waals surface area contributed by atoms with Crippen LogP contribution in [-0.2, 0) is 0 Å². The Labute approximate surface area is 111 Å². The molecule has 1 heterocycles. The van der Waals surface area contributed by atoms with E-state index in [1.165, 1.54) is 13.0 Å². The van der Waals surface area contributed by atoms with E-state index in [1.807, 2.05) is 7.05 Å². The van der Waals surface area contributed by atoms with Crippen LogP contribution in [0.25, 0.3) is 0 Å². The molecule has 0 spiro atoms. The lowest BCUT2D eigenvalue weighted by Gasteiger charge is -2.17. The first kappa shape index (κ1) is 13.9. The van der Waals surface area contributed by atoms with Crippen molar-refractivity contribution in [2.24, 2.45) is 5.92 Å². The van der Waals surface area contributed by atoms with Crippen LogP contribution in [0.15, 0.2) is 12.1 Å². The van der Waals surface area contributed by atoms with Crippen LogP contribution in [-0.4, -0.2) is 37.5 Å². The van der Waals surface area contributed by atoms with Gasteiger partial charge in [-0.05, 0) is 44.5 Å². The number of nitrogens with zero attached hydrogens (tertiary/aromatic N) is 1. The van der Waals surface area contributed by atoms with Crippen molar-refractivity contribution in [3.8, 4) is 0 Å². The first-order valence-electron chi connectivity index (χ1n) is 6.42. The summed E-state index contributed by atoms with van der Waals surface area (Å²) in [6, 6.07) is 2.07. The van der Waals surface area contributed by atoms with Gasteiger partial charge in [-0.15, -0.1) is 0 Å². The molecule has 19 heavy (non-hydrogen) atoms. The molecule has 1 aliphatic heterocycles. The summed E-state index contributed by atoms with van der Waals surface area (Å²) < 4.78 is 26.9. The lowest BCUT2D eigenvalue weighted by Crippen LogP contribution is -2.31. The van der Waals surface area contributed by atoms with Crippen molar-refractivity contribution in [2.75, 3.05) is 26.7 Å². The Balaban J connectivity index is 2.15. The van der Waals surface area contributed by atoms with E-state index in [0.717, 1.165) is 19.0 Å². The molecule has 1 N–H and O–H groups in total. The number of amides is 1. The van der Waals surface area contributed by atoms with E-state index in [-0.39, 0.29) is 17.0 Å². The number of carbonyl (C=O) groups excluding carboxylic acids is 1. The predicted molar refractivity (Wildman–Crippen MR) is 69.0 cm³/mol. The van der Waals surface area contributed by atoms with Crippen LogP contribution in [0.1, 0.15) is 22.3 Å². The molecular weight excluding hydrogens is 250 g/mol. The van der Waals surface area contributed by atoms with Gasteiger partial charge in [0, 0.05) is 19.2 Å². The monoisotopic (exact) mass is 268 g/mol. The summed E-state index contributed by atoms with van der Waals surface area (Å²) in [5, 5.41) is 3.08. The largest absolute Gasteiger partial charge is 0.338 e. The lowest BCUT2D eigenvalue weighted by atomic mass is 10.1. The number of halogens is 2. The quantitative estimate of drug-likeness (QED) is 0.909. The standard InChI is InChI=1S/C14H18F2N2O/c1-9-5-11(13(16)6-12(9)15)14(19)18-4-3-10(8-18)7-17-2/h5-6,10,17H,3-4,7-8H2,1-2H3/t10-/m0/s1. The van der Waals surface area contributed by atoms with Crippen molar-refractivity contribution < 1.29 is 13.6 Å². The van der Waals surface area contributed by atoms with Crippen LogP contribution in [0, 0.1) is 24.5 Å². The molecule has 1 amide bonds. The first-order valence-corrected chi connectivity index (χ1v) is 6.42. The molecular formula is C14H18F2N2O. The Morgan fingerprint density at radius 2 is 2.16 bits per heavy atom. The third-order valence-electron chi connectivity index (χ3n) is 3.54. The molecule has 0 bridgehead atoms. The summed E-state index contributed by atoms with van der Waals surface area (Å²) in [5.74, 6) is -1.36. The molecule has 0 aromatic heterocycles. The fourth-order valence-corrected chi connectivity index (χ4v) is 2.46. The van der Waals surface area contributed by atoms with E-state index < -0.39 is 11.6 Å². The number of likely N-dealkylation sites (tertiary alicyclic amines) is 1. The van der Waals surface area contributed by atoms with Crippen molar-refractivity contribution >= 4 is 5.91 Å². The molecule has 104 valence electrons. The van der Waals surface area contributed by atoms with E-state index in [9.17, 15) is 13.6 Å². The Kier molecular flexibility index (Phi) is 4.14. The molecule has 0 radical (unpaired) electrons. The highest BCUT2D eigenvalue weighted by molar-refractivity contribution is 5.94. The summed E-state index contributed by atoms with van der Waals surface area (Å²) in [6.07, 6.45) is 0.911. The van der Waals surface area contributed by atoms with Crippen molar-refractivity contribution in [1.29, 1.82) is 0 Å². The van der Waals surface area contributed by atoms with Crippen molar-refractivity contribution in [3.63, 3.8) is 0 Å². The molecule has 1 aromatic carbocycles. The number of hydrogen-bond acceptors (Lipinski definition) is 2. The molecule has 0 unspecified atom stereocenters. The number of benzene rings is 1. The molecule has 1 saturated heterocycles. The maximum Gasteiger partial charge on any atom is 0.256 e. The molecule has 0 saturated carbocycles. The fraction of sp³-hybridized carbons (Fsp3) is 0.500. The Hall–Kier alpha value is -1.49. The molecule has 2 rings (SSSR count). The molecule has 1 aliphatic rings. The SMILES string of the molecule is CNC[C@@H]1CCN(C(=O)c2cc(C)c(F)cc2F)C1. The number of aryl methyl sites for hydroxylation is 1. The second-order valence-electron chi connectivity index (χ2n) is 5.04. The number of nitrogens with one attached hydrogen (secondary N) is 1. The van der Waals surface area contributed by atoms with E-state index in [4.69, 9.17) is 0 Å². The zero-order valence-corrected chi connectivity index (χ0v) is 11.2. The summed E-state index contributed by atoms with van der Waals surface area (Å²) in [5.41, 5.74) is 0.250. The van der Waals surface area contributed by atoms with Gasteiger partial charge in [0.05, 0.1) is 5.56 Å². The van der Waals surface area contributed by atoms with Gasteiger partial charge in [0.1, 0.15) is 11.6 Å². The second-order valence-corrected chi connectivity index (χ2v) is 5.04. The fourth-order valence-electron chi connectivity index (χ4n) is 2.46. The topological polar surface area (TPSA) is 32.3 Å². The maximum absolute atomic E-state index is 13.7. The summed E-state index contributed by atoms with van der Waals surface area (Å²) in [7, 11) is 1.87.